The number of carboxylic acids is 1. The number of rotatable bonds is 8. The number of carbonyl (C=O) groups is 1. The molecule has 36 heavy (non-hydrogen) atoms. The van der Waals surface area contributed by atoms with Gasteiger partial charge in [-0.15, -0.1) is 0 Å². The molecule has 13 heteroatoms. The molecule has 0 bridgehead atoms. The van der Waals surface area contributed by atoms with Gasteiger partial charge in [0, 0.05) is 17.3 Å². The van der Waals surface area contributed by atoms with Gasteiger partial charge in [0.2, 0.25) is 0 Å². The number of ether oxygens (including phenoxy) is 1. The summed E-state index contributed by atoms with van der Waals surface area (Å²) < 4.78 is 86.6. The lowest BCUT2D eigenvalue weighted by molar-refractivity contribution is -0.139. The van der Waals surface area contributed by atoms with Crippen LogP contribution in [0.2, 0.25) is 0 Å². The third kappa shape index (κ3) is 5.68. The van der Waals surface area contributed by atoms with Crippen LogP contribution in [0.4, 0.5) is 17.6 Å². The molecule has 3 aromatic rings. The first-order valence-corrected chi connectivity index (χ1v) is 12.5. The Kier molecular flexibility index (Phi) is 7.05. The summed E-state index contributed by atoms with van der Waals surface area (Å²) in [5, 5.41) is 16.0. The maximum Gasteiger partial charge on any atom is 0.420 e. The molecule has 0 saturated heterocycles. The zero-order valence-corrected chi connectivity index (χ0v) is 19.4. The minimum absolute atomic E-state index is 0.0456. The van der Waals surface area contributed by atoms with Gasteiger partial charge in [0.15, 0.2) is 9.84 Å². The Morgan fingerprint density at radius 1 is 1.19 bits per heavy atom. The van der Waals surface area contributed by atoms with Crippen molar-refractivity contribution < 1.29 is 40.6 Å². The highest BCUT2D eigenvalue weighted by molar-refractivity contribution is 7.91. The van der Waals surface area contributed by atoms with E-state index in [1.54, 1.807) is 0 Å². The number of nitrogens with zero attached hydrogens (tertiary/aromatic N) is 2. The quantitative estimate of drug-likeness (QED) is 0.420. The van der Waals surface area contributed by atoms with Gasteiger partial charge in [-0.25, -0.2) is 12.8 Å². The number of halogens is 4. The maximum absolute atomic E-state index is 13.7. The first kappa shape index (κ1) is 25.6. The molecule has 1 atom stereocenters. The number of carboxylic acid groups (broad SMARTS) is 1. The SMILES string of the molecule is O=C(O)Cn1ncc2c1CCC[C@H]2NCS(=O)(=O)c1ccc(Oc2ccc(F)cc2)c(C(F)(F)F)c1. The van der Waals surface area contributed by atoms with Crippen LogP contribution in [0.1, 0.15) is 35.7 Å². The lowest BCUT2D eigenvalue weighted by Crippen LogP contribution is -2.30. The van der Waals surface area contributed by atoms with Gasteiger partial charge in [-0.1, -0.05) is 0 Å². The van der Waals surface area contributed by atoms with Crippen LogP contribution in [-0.4, -0.2) is 35.2 Å². The van der Waals surface area contributed by atoms with E-state index in [0.717, 1.165) is 36.4 Å². The average Bonchev–Trinajstić information content (AvgIpc) is 3.21. The smallest absolute Gasteiger partial charge is 0.420 e. The molecule has 0 spiro atoms. The fourth-order valence-electron chi connectivity index (χ4n) is 4.03. The molecule has 2 aromatic carbocycles. The summed E-state index contributed by atoms with van der Waals surface area (Å²) in [5.41, 5.74) is 0.0553. The molecule has 0 amide bonds. The molecule has 0 unspecified atom stereocenters. The number of alkyl halides is 3. The monoisotopic (exact) mass is 527 g/mol. The molecule has 192 valence electrons. The molecule has 8 nitrogen and oxygen atoms in total. The van der Waals surface area contributed by atoms with Crippen molar-refractivity contribution in [3.05, 3.63) is 71.3 Å². The fraction of sp³-hybridized carbons (Fsp3) is 0.304. The van der Waals surface area contributed by atoms with Gasteiger partial charge in [0.1, 0.15) is 29.7 Å². The fourth-order valence-corrected chi connectivity index (χ4v) is 5.19. The molecule has 1 aliphatic carbocycles. The van der Waals surface area contributed by atoms with E-state index in [0.29, 0.717) is 36.6 Å². The normalized spacial score (nSPS) is 15.9. The Morgan fingerprint density at radius 2 is 1.92 bits per heavy atom. The van der Waals surface area contributed by atoms with E-state index in [-0.39, 0.29) is 12.3 Å². The van der Waals surface area contributed by atoms with Crippen LogP contribution < -0.4 is 10.1 Å². The summed E-state index contributed by atoms with van der Waals surface area (Å²) in [6.45, 7) is -0.326. The number of hydrogen-bond donors (Lipinski definition) is 2. The largest absolute Gasteiger partial charge is 0.480 e. The molecular formula is C23H21F4N3O5S. The highest BCUT2D eigenvalue weighted by atomic mass is 32.2. The number of fused-ring (bicyclic) bond motifs is 1. The van der Waals surface area contributed by atoms with E-state index in [2.05, 4.69) is 10.4 Å². The summed E-state index contributed by atoms with van der Waals surface area (Å²) >= 11 is 0. The summed E-state index contributed by atoms with van der Waals surface area (Å²) in [7, 11) is -4.19. The molecule has 1 heterocycles. The van der Waals surface area contributed by atoms with Gasteiger partial charge in [0.05, 0.1) is 16.7 Å². The van der Waals surface area contributed by atoms with Crippen LogP contribution in [0.25, 0.3) is 0 Å². The first-order valence-electron chi connectivity index (χ1n) is 10.8. The van der Waals surface area contributed by atoms with Crippen molar-refractivity contribution in [2.45, 2.75) is 42.9 Å². The third-order valence-corrected chi connectivity index (χ3v) is 7.24. The molecule has 1 aromatic heterocycles. The Hall–Kier alpha value is -3.45. The zero-order valence-electron chi connectivity index (χ0n) is 18.6. The Bertz CT molecular complexity index is 1370. The van der Waals surface area contributed by atoms with E-state index >= 15 is 0 Å². The average molecular weight is 527 g/mol. The van der Waals surface area contributed by atoms with Crippen molar-refractivity contribution >= 4 is 15.8 Å². The molecule has 2 N–H and O–H groups in total. The van der Waals surface area contributed by atoms with Crippen LogP contribution in [0, 0.1) is 5.82 Å². The molecule has 0 radical (unpaired) electrons. The number of benzene rings is 2. The van der Waals surface area contributed by atoms with E-state index in [1.165, 1.54) is 10.9 Å². The van der Waals surface area contributed by atoms with Crippen LogP contribution >= 0.6 is 0 Å². The second kappa shape index (κ2) is 9.90. The summed E-state index contributed by atoms with van der Waals surface area (Å²) in [4.78, 5) is 10.5. The van der Waals surface area contributed by atoms with E-state index in [1.807, 2.05) is 0 Å². The van der Waals surface area contributed by atoms with Crippen molar-refractivity contribution in [3.63, 3.8) is 0 Å². The number of aliphatic carboxylic acids is 1. The zero-order chi connectivity index (χ0) is 26.1. The van der Waals surface area contributed by atoms with Crippen molar-refractivity contribution in [1.82, 2.24) is 15.1 Å². The standard InChI is InChI=1S/C23H21F4N3O5S/c24-14-4-6-15(7-5-14)35-21-9-8-16(10-18(21)23(25,26)27)36(33,34)13-28-19-2-1-3-20-17(19)11-29-30(20)12-22(31)32/h4-11,19,28H,1-3,12-13H2,(H,31,32)/t19-/m1/s1. The van der Waals surface area contributed by atoms with Crippen LogP contribution in [-0.2, 0) is 33.8 Å². The number of sulfone groups is 1. The Balaban J connectivity index is 1.54. The van der Waals surface area contributed by atoms with Gasteiger partial charge >= 0.3 is 12.1 Å². The summed E-state index contributed by atoms with van der Waals surface area (Å²) in [6.07, 6.45) is -1.64. The number of nitrogens with one attached hydrogen (secondary N) is 1. The predicted octanol–water partition coefficient (Wildman–Crippen LogP) is 4.32. The minimum Gasteiger partial charge on any atom is -0.480 e. The van der Waals surface area contributed by atoms with Crippen LogP contribution in [0.15, 0.2) is 53.6 Å². The van der Waals surface area contributed by atoms with Gasteiger partial charge < -0.3 is 9.84 Å². The highest BCUT2D eigenvalue weighted by Crippen LogP contribution is 2.39. The molecular weight excluding hydrogens is 506 g/mol. The maximum atomic E-state index is 13.7. The highest BCUT2D eigenvalue weighted by Gasteiger charge is 2.36. The molecule has 4 rings (SSSR count). The van der Waals surface area contributed by atoms with Gasteiger partial charge in [-0.2, -0.15) is 18.3 Å². The summed E-state index contributed by atoms with van der Waals surface area (Å²) in [5.74, 6) is -2.96. The van der Waals surface area contributed by atoms with Crippen LogP contribution in [0.5, 0.6) is 11.5 Å². The van der Waals surface area contributed by atoms with Crippen molar-refractivity contribution in [3.8, 4) is 11.5 Å². The molecule has 0 fully saturated rings. The Morgan fingerprint density at radius 3 is 2.58 bits per heavy atom. The Labute approximate surface area is 203 Å². The van der Waals surface area contributed by atoms with Crippen molar-refractivity contribution in [1.29, 1.82) is 0 Å². The minimum atomic E-state index is -4.91. The molecule has 0 aliphatic heterocycles. The number of hydrogen-bond acceptors (Lipinski definition) is 6. The van der Waals surface area contributed by atoms with Gasteiger partial charge in [0.25, 0.3) is 0 Å². The van der Waals surface area contributed by atoms with E-state index < -0.39 is 55.9 Å². The van der Waals surface area contributed by atoms with Crippen molar-refractivity contribution in [2.75, 3.05) is 5.88 Å². The lowest BCUT2D eigenvalue weighted by atomic mass is 9.93. The van der Waals surface area contributed by atoms with E-state index in [9.17, 15) is 30.8 Å². The molecule has 0 saturated carbocycles. The second-order valence-corrected chi connectivity index (χ2v) is 10.2. The van der Waals surface area contributed by atoms with Gasteiger partial charge in [-0.05, 0) is 61.7 Å². The lowest BCUT2D eigenvalue weighted by Gasteiger charge is -2.24. The topological polar surface area (TPSA) is 111 Å². The first-order chi connectivity index (χ1) is 16.9. The second-order valence-electron chi connectivity index (χ2n) is 8.22. The van der Waals surface area contributed by atoms with Crippen LogP contribution in [0.3, 0.4) is 0 Å². The number of aromatic nitrogens is 2. The van der Waals surface area contributed by atoms with Crippen molar-refractivity contribution in [2.24, 2.45) is 0 Å². The van der Waals surface area contributed by atoms with Gasteiger partial charge in [-0.3, -0.25) is 14.8 Å². The third-order valence-electron chi connectivity index (χ3n) is 5.72. The summed E-state index contributed by atoms with van der Waals surface area (Å²) in [6, 6.07) is 6.34. The van der Waals surface area contributed by atoms with E-state index in [4.69, 9.17) is 9.84 Å². The predicted molar refractivity (Wildman–Crippen MR) is 119 cm³/mol. The molecule has 1 aliphatic rings.